The van der Waals surface area contributed by atoms with Crippen molar-refractivity contribution < 1.29 is 0 Å². The van der Waals surface area contributed by atoms with Crippen molar-refractivity contribution in [3.8, 4) is 0 Å². The molecule has 0 amide bonds. The fourth-order valence-corrected chi connectivity index (χ4v) is 1.46. The van der Waals surface area contributed by atoms with Crippen molar-refractivity contribution in [2.45, 2.75) is 65.7 Å². The third-order valence-electron chi connectivity index (χ3n) is 2.12. The molecule has 1 saturated carbocycles. The van der Waals surface area contributed by atoms with Crippen molar-refractivity contribution in [3.05, 3.63) is 0 Å². The maximum atomic E-state index is 2.25. The molecule has 1 rings (SSSR count). The van der Waals surface area contributed by atoms with E-state index in [1.807, 2.05) is 0 Å². The molecule has 0 heterocycles. The minimum atomic E-state index is 0.898. The molecule has 0 aliphatic heterocycles. The molecule has 1 fully saturated rings. The van der Waals surface area contributed by atoms with E-state index in [0.29, 0.717) is 0 Å². The summed E-state index contributed by atoms with van der Waals surface area (Å²) in [4.78, 5) is 0. The maximum Gasteiger partial charge on any atom is -0.0471 e. The summed E-state index contributed by atoms with van der Waals surface area (Å²) in [5, 5.41) is 0. The van der Waals surface area contributed by atoms with E-state index in [2.05, 4.69) is 20.8 Å². The molecule has 0 atom stereocenters. The highest BCUT2D eigenvalue weighted by atomic mass is 14.0. The van der Waals surface area contributed by atoms with E-state index >= 15 is 0 Å². The molecule has 1 aliphatic rings. The first-order chi connectivity index (χ1) is 5.27. The Morgan fingerprint density at radius 1 is 0.909 bits per heavy atom. The highest BCUT2D eigenvalue weighted by Gasteiger charge is 1.95. The van der Waals surface area contributed by atoms with Gasteiger partial charge in [0.25, 0.3) is 0 Å². The maximum absolute atomic E-state index is 2.25. The van der Waals surface area contributed by atoms with Gasteiger partial charge in [-0.25, -0.2) is 0 Å². The van der Waals surface area contributed by atoms with Crippen molar-refractivity contribution in [3.63, 3.8) is 0 Å². The van der Waals surface area contributed by atoms with Gasteiger partial charge in [-0.05, 0) is 5.92 Å². The molecule has 68 valence electrons. The van der Waals surface area contributed by atoms with Crippen LogP contribution in [0, 0.1) is 5.92 Å². The van der Waals surface area contributed by atoms with Gasteiger partial charge in [0.05, 0.1) is 0 Å². The topological polar surface area (TPSA) is 0 Å². The molecule has 0 radical (unpaired) electrons. The summed E-state index contributed by atoms with van der Waals surface area (Å²) in [5.41, 5.74) is 0. The van der Waals surface area contributed by atoms with Crippen LogP contribution in [0.2, 0.25) is 0 Å². The third-order valence-corrected chi connectivity index (χ3v) is 2.12. The Balaban J connectivity index is 0.000000183. The molecule has 0 unspecified atom stereocenters. The second kappa shape index (κ2) is 8.10. The molecule has 0 spiro atoms. The van der Waals surface area contributed by atoms with Crippen LogP contribution in [0.25, 0.3) is 0 Å². The Morgan fingerprint density at radius 2 is 1.27 bits per heavy atom. The van der Waals surface area contributed by atoms with E-state index in [0.717, 1.165) is 5.92 Å². The zero-order chi connectivity index (χ0) is 8.53. The van der Waals surface area contributed by atoms with Crippen LogP contribution < -0.4 is 0 Å². The minimum Gasteiger partial charge on any atom is -0.0654 e. The molecule has 0 aromatic heterocycles. The highest BCUT2D eigenvalue weighted by Crippen LogP contribution is 2.15. The predicted molar refractivity (Wildman–Crippen MR) is 52.8 cm³/mol. The Kier molecular flexibility index (Phi) is 8.10. The van der Waals surface area contributed by atoms with Gasteiger partial charge in [0, 0.05) is 0 Å². The van der Waals surface area contributed by atoms with Crippen LogP contribution in [0.3, 0.4) is 0 Å². The van der Waals surface area contributed by atoms with E-state index in [-0.39, 0.29) is 0 Å². The summed E-state index contributed by atoms with van der Waals surface area (Å²) in [6, 6.07) is 0. The molecule has 1 aliphatic carbocycles. The Morgan fingerprint density at radius 3 is 1.36 bits per heavy atom. The summed E-state index contributed by atoms with van der Waals surface area (Å²) in [7, 11) is 0. The summed E-state index contributed by atoms with van der Waals surface area (Å²) in [5.74, 6) is 0.898. The first kappa shape index (κ1) is 11.0. The third kappa shape index (κ3) is 10.0. The van der Waals surface area contributed by atoms with Crippen molar-refractivity contribution >= 4 is 0 Å². The Labute approximate surface area is 72.4 Å². The van der Waals surface area contributed by atoms with Gasteiger partial charge in [0.1, 0.15) is 0 Å². The van der Waals surface area contributed by atoms with Crippen LogP contribution in [-0.2, 0) is 0 Å². The first-order valence-corrected chi connectivity index (χ1v) is 5.27. The van der Waals surface area contributed by atoms with Gasteiger partial charge >= 0.3 is 0 Å². The molecule has 0 aromatic carbocycles. The molecule has 11 heavy (non-hydrogen) atoms. The summed E-state index contributed by atoms with van der Waals surface area (Å²) in [6.45, 7) is 6.73. The summed E-state index contributed by atoms with van der Waals surface area (Å²) < 4.78 is 0. The lowest BCUT2D eigenvalue weighted by Crippen LogP contribution is -1.81. The van der Waals surface area contributed by atoms with E-state index < -0.39 is 0 Å². The fourth-order valence-electron chi connectivity index (χ4n) is 1.46. The number of hydrogen-bond donors (Lipinski definition) is 0. The molecular weight excluding hydrogens is 132 g/mol. The second-order valence-corrected chi connectivity index (χ2v) is 3.95. The normalized spacial score (nSPS) is 16.4. The quantitative estimate of drug-likeness (QED) is 0.556. The van der Waals surface area contributed by atoms with Crippen LogP contribution in [-0.4, -0.2) is 0 Å². The van der Waals surface area contributed by atoms with Crippen LogP contribution in [0.5, 0.6) is 0 Å². The van der Waals surface area contributed by atoms with E-state index in [4.69, 9.17) is 0 Å². The zero-order valence-electron chi connectivity index (χ0n) is 8.53. The molecule has 0 saturated heterocycles. The van der Waals surface area contributed by atoms with Gasteiger partial charge in [-0.1, -0.05) is 65.7 Å². The van der Waals surface area contributed by atoms with E-state index in [9.17, 15) is 0 Å². The average Bonchev–Trinajstić information content (AvgIpc) is 2.41. The highest BCUT2D eigenvalue weighted by molar-refractivity contribution is 4.51. The van der Waals surface area contributed by atoms with Gasteiger partial charge in [0.2, 0.25) is 0 Å². The van der Waals surface area contributed by atoms with Gasteiger partial charge in [-0.2, -0.15) is 0 Å². The van der Waals surface area contributed by atoms with Crippen LogP contribution >= 0.6 is 0 Å². The molecule has 0 aromatic rings. The van der Waals surface area contributed by atoms with Gasteiger partial charge in [0.15, 0.2) is 0 Å². The molecule has 0 heteroatoms. The Bertz CT molecular complexity index is 52.8. The summed E-state index contributed by atoms with van der Waals surface area (Å²) in [6.07, 6.45) is 10.2. The smallest absolute Gasteiger partial charge is 0.0471 e. The lowest BCUT2D eigenvalue weighted by Gasteiger charge is -1.95. The van der Waals surface area contributed by atoms with Crippen molar-refractivity contribution in [2.75, 3.05) is 0 Å². The van der Waals surface area contributed by atoms with Gasteiger partial charge < -0.3 is 0 Å². The van der Waals surface area contributed by atoms with E-state index in [1.54, 1.807) is 0 Å². The Hall–Kier alpha value is 0. The van der Waals surface area contributed by atoms with Crippen molar-refractivity contribution in [1.82, 2.24) is 0 Å². The van der Waals surface area contributed by atoms with Crippen LogP contribution in [0.15, 0.2) is 0 Å². The van der Waals surface area contributed by atoms with Gasteiger partial charge in [-0.15, -0.1) is 0 Å². The largest absolute Gasteiger partial charge is 0.0654 e. The monoisotopic (exact) mass is 156 g/mol. The lowest BCUT2D eigenvalue weighted by molar-refractivity contribution is 0.576. The van der Waals surface area contributed by atoms with Crippen LogP contribution in [0.4, 0.5) is 0 Å². The lowest BCUT2D eigenvalue weighted by atomic mass is 10.1. The average molecular weight is 156 g/mol. The number of hydrogen-bond acceptors (Lipinski definition) is 0. The molecule has 0 N–H and O–H groups in total. The van der Waals surface area contributed by atoms with Crippen molar-refractivity contribution in [1.29, 1.82) is 0 Å². The summed E-state index contributed by atoms with van der Waals surface area (Å²) >= 11 is 0. The minimum absolute atomic E-state index is 0.898. The molecule has 0 nitrogen and oxygen atoms in total. The molecular formula is C11H24. The molecule has 0 bridgehead atoms. The zero-order valence-corrected chi connectivity index (χ0v) is 8.53. The first-order valence-electron chi connectivity index (χ1n) is 5.27. The predicted octanol–water partition coefficient (Wildman–Crippen LogP) is 4.39. The second-order valence-electron chi connectivity index (χ2n) is 3.95. The standard InChI is InChI=1S/C6H14.C5H10/c1-4-5-6(2)3;1-2-4-5-3-1/h6H,4-5H2,1-3H3;1-5H2. The van der Waals surface area contributed by atoms with Gasteiger partial charge in [-0.3, -0.25) is 0 Å². The van der Waals surface area contributed by atoms with Crippen molar-refractivity contribution in [2.24, 2.45) is 5.92 Å². The SMILES string of the molecule is C1CCCC1.CCCC(C)C. The van der Waals surface area contributed by atoms with E-state index in [1.165, 1.54) is 44.9 Å². The fraction of sp³-hybridized carbons (Fsp3) is 1.00. The van der Waals surface area contributed by atoms with Crippen LogP contribution in [0.1, 0.15) is 65.7 Å². The number of rotatable bonds is 2.